The van der Waals surface area contributed by atoms with Crippen molar-refractivity contribution in [2.75, 3.05) is 11.4 Å². The van der Waals surface area contributed by atoms with E-state index < -0.39 is 0 Å². The molecule has 0 fully saturated rings. The summed E-state index contributed by atoms with van der Waals surface area (Å²) >= 11 is 0. The predicted octanol–water partition coefficient (Wildman–Crippen LogP) is 2.93. The molecule has 2 aliphatic rings. The van der Waals surface area contributed by atoms with Crippen molar-refractivity contribution in [3.8, 4) is 0 Å². The van der Waals surface area contributed by atoms with E-state index in [1.165, 1.54) is 22.4 Å². The second-order valence-corrected chi connectivity index (χ2v) is 6.60. The first-order chi connectivity index (χ1) is 10.2. The highest BCUT2D eigenvalue weighted by molar-refractivity contribution is 5.63. The van der Waals surface area contributed by atoms with Crippen LogP contribution in [0.25, 0.3) is 0 Å². The molecule has 2 aromatic rings. The zero-order valence-corrected chi connectivity index (χ0v) is 12.5. The fourth-order valence-corrected chi connectivity index (χ4v) is 4.38. The van der Waals surface area contributed by atoms with Crippen molar-refractivity contribution in [3.05, 3.63) is 65.2 Å². The van der Waals surface area contributed by atoms with Crippen molar-refractivity contribution in [3.63, 3.8) is 0 Å². The highest BCUT2D eigenvalue weighted by Crippen LogP contribution is 2.43. The van der Waals surface area contributed by atoms with Crippen LogP contribution in [0.1, 0.15) is 23.6 Å². The van der Waals surface area contributed by atoms with Crippen LogP contribution in [0.2, 0.25) is 0 Å². The molecule has 0 spiro atoms. The number of anilines is 1. The molecule has 4 rings (SSSR count). The lowest BCUT2D eigenvalue weighted by Crippen LogP contribution is -2.57. The molecule has 1 heterocycles. The first-order valence-electron chi connectivity index (χ1n) is 7.88. The fraction of sp³-hybridized carbons (Fsp3) is 0.368. The Hall–Kier alpha value is -1.80. The standard InChI is InChI=1S/C19H22N2/c1-14-10-15-6-4-5-9-18(15)21(14)19(13-20)11-16-7-2-3-8-17(16)12-19/h2-9,14H,10-13,20H2,1H3. The molecule has 2 heteroatoms. The van der Waals surface area contributed by atoms with Crippen molar-refractivity contribution in [2.45, 2.75) is 37.8 Å². The number of rotatable bonds is 2. The van der Waals surface area contributed by atoms with Crippen LogP contribution in [0.15, 0.2) is 48.5 Å². The maximum atomic E-state index is 6.31. The van der Waals surface area contributed by atoms with E-state index in [9.17, 15) is 0 Å². The number of nitrogens with zero attached hydrogens (tertiary/aromatic N) is 1. The minimum Gasteiger partial charge on any atom is -0.361 e. The molecule has 0 radical (unpaired) electrons. The van der Waals surface area contributed by atoms with Crippen LogP contribution in [0.5, 0.6) is 0 Å². The molecule has 0 bridgehead atoms. The summed E-state index contributed by atoms with van der Waals surface area (Å²) in [7, 11) is 0. The molecule has 0 saturated carbocycles. The van der Waals surface area contributed by atoms with Gasteiger partial charge in [-0.15, -0.1) is 0 Å². The normalized spacial score (nSPS) is 22.2. The summed E-state index contributed by atoms with van der Waals surface area (Å²) < 4.78 is 0. The van der Waals surface area contributed by atoms with Gasteiger partial charge in [-0.3, -0.25) is 0 Å². The first-order valence-corrected chi connectivity index (χ1v) is 7.88. The molecule has 1 atom stereocenters. The van der Waals surface area contributed by atoms with Crippen molar-refractivity contribution >= 4 is 5.69 Å². The Morgan fingerprint density at radius 1 is 1.00 bits per heavy atom. The Balaban J connectivity index is 1.79. The maximum Gasteiger partial charge on any atom is 0.0607 e. The number of nitrogens with two attached hydrogens (primary N) is 1. The van der Waals surface area contributed by atoms with Gasteiger partial charge in [0.05, 0.1) is 5.54 Å². The fourth-order valence-electron chi connectivity index (χ4n) is 4.38. The average molecular weight is 278 g/mol. The molecule has 0 saturated heterocycles. The quantitative estimate of drug-likeness (QED) is 0.915. The minimum atomic E-state index is 0.0513. The maximum absolute atomic E-state index is 6.31. The SMILES string of the molecule is CC1Cc2ccccc2N1C1(CN)Cc2ccccc2C1. The van der Waals surface area contributed by atoms with E-state index >= 15 is 0 Å². The number of hydrogen-bond acceptors (Lipinski definition) is 2. The van der Waals surface area contributed by atoms with Crippen LogP contribution in [0, 0.1) is 0 Å². The lowest BCUT2D eigenvalue weighted by Gasteiger charge is -2.43. The molecule has 21 heavy (non-hydrogen) atoms. The smallest absolute Gasteiger partial charge is 0.0607 e. The summed E-state index contributed by atoms with van der Waals surface area (Å²) in [4.78, 5) is 2.61. The molecular weight excluding hydrogens is 256 g/mol. The lowest BCUT2D eigenvalue weighted by atomic mass is 9.92. The van der Waals surface area contributed by atoms with E-state index in [2.05, 4.69) is 60.4 Å². The van der Waals surface area contributed by atoms with E-state index in [1.54, 1.807) is 0 Å². The largest absolute Gasteiger partial charge is 0.361 e. The Morgan fingerprint density at radius 2 is 1.57 bits per heavy atom. The molecule has 0 aromatic heterocycles. The van der Waals surface area contributed by atoms with E-state index in [0.29, 0.717) is 12.6 Å². The molecular formula is C19H22N2. The summed E-state index contributed by atoms with van der Waals surface area (Å²) in [5.41, 5.74) is 12.2. The zero-order chi connectivity index (χ0) is 14.4. The number of benzene rings is 2. The predicted molar refractivity (Wildman–Crippen MR) is 87.7 cm³/mol. The first kappa shape index (κ1) is 12.9. The molecule has 108 valence electrons. The van der Waals surface area contributed by atoms with Crippen LogP contribution >= 0.6 is 0 Å². The average Bonchev–Trinajstić information content (AvgIpc) is 3.04. The monoisotopic (exact) mass is 278 g/mol. The van der Waals surface area contributed by atoms with Gasteiger partial charge in [0.25, 0.3) is 0 Å². The van der Waals surface area contributed by atoms with Crippen molar-refractivity contribution in [2.24, 2.45) is 5.73 Å². The Morgan fingerprint density at radius 3 is 2.19 bits per heavy atom. The summed E-state index contributed by atoms with van der Waals surface area (Å²) in [6.07, 6.45) is 3.27. The van der Waals surface area contributed by atoms with Crippen LogP contribution in [0.3, 0.4) is 0 Å². The van der Waals surface area contributed by atoms with Gasteiger partial charge in [0, 0.05) is 18.3 Å². The van der Waals surface area contributed by atoms with Crippen molar-refractivity contribution in [1.82, 2.24) is 0 Å². The molecule has 2 N–H and O–H groups in total. The summed E-state index contributed by atoms with van der Waals surface area (Å²) in [6.45, 7) is 3.04. The lowest BCUT2D eigenvalue weighted by molar-refractivity contribution is 0.389. The molecule has 1 aliphatic carbocycles. The van der Waals surface area contributed by atoms with Gasteiger partial charge in [-0.05, 0) is 48.9 Å². The topological polar surface area (TPSA) is 29.3 Å². The van der Waals surface area contributed by atoms with Gasteiger partial charge in [-0.25, -0.2) is 0 Å². The number of para-hydroxylation sites is 1. The van der Waals surface area contributed by atoms with Gasteiger partial charge in [0.1, 0.15) is 0 Å². The number of hydrogen-bond donors (Lipinski definition) is 1. The highest BCUT2D eigenvalue weighted by Gasteiger charge is 2.45. The van der Waals surface area contributed by atoms with Crippen molar-refractivity contribution in [1.29, 1.82) is 0 Å². The van der Waals surface area contributed by atoms with Crippen LogP contribution in [-0.2, 0) is 19.3 Å². The van der Waals surface area contributed by atoms with E-state index in [0.717, 1.165) is 19.3 Å². The summed E-state index contributed by atoms with van der Waals surface area (Å²) in [6, 6.07) is 18.2. The van der Waals surface area contributed by atoms with E-state index in [1.807, 2.05) is 0 Å². The third-order valence-electron chi connectivity index (χ3n) is 5.26. The molecule has 1 unspecified atom stereocenters. The highest BCUT2D eigenvalue weighted by atomic mass is 15.3. The van der Waals surface area contributed by atoms with Gasteiger partial charge in [-0.1, -0.05) is 42.5 Å². The van der Waals surface area contributed by atoms with E-state index in [4.69, 9.17) is 5.73 Å². The van der Waals surface area contributed by atoms with Gasteiger partial charge in [-0.2, -0.15) is 0 Å². The Bertz CT molecular complexity index is 652. The van der Waals surface area contributed by atoms with Crippen molar-refractivity contribution < 1.29 is 0 Å². The molecule has 0 amide bonds. The second kappa shape index (κ2) is 4.60. The molecule has 1 aliphatic heterocycles. The minimum absolute atomic E-state index is 0.0513. The van der Waals surface area contributed by atoms with Gasteiger partial charge in [0.2, 0.25) is 0 Å². The molecule has 2 aromatic carbocycles. The molecule has 2 nitrogen and oxygen atoms in total. The van der Waals surface area contributed by atoms with Crippen LogP contribution in [-0.4, -0.2) is 18.1 Å². The van der Waals surface area contributed by atoms with Crippen LogP contribution in [0.4, 0.5) is 5.69 Å². The van der Waals surface area contributed by atoms with Gasteiger partial charge < -0.3 is 10.6 Å². The zero-order valence-electron chi connectivity index (χ0n) is 12.5. The third-order valence-corrected chi connectivity index (χ3v) is 5.26. The Kier molecular flexibility index (Phi) is 2.83. The third kappa shape index (κ3) is 1.82. The summed E-state index contributed by atoms with van der Waals surface area (Å²) in [5, 5.41) is 0. The van der Waals surface area contributed by atoms with E-state index in [-0.39, 0.29) is 5.54 Å². The summed E-state index contributed by atoms with van der Waals surface area (Å²) in [5.74, 6) is 0. The van der Waals surface area contributed by atoms with Gasteiger partial charge in [0.15, 0.2) is 0 Å². The number of fused-ring (bicyclic) bond motifs is 2. The van der Waals surface area contributed by atoms with Crippen LogP contribution < -0.4 is 10.6 Å². The second-order valence-electron chi connectivity index (χ2n) is 6.60. The van der Waals surface area contributed by atoms with Gasteiger partial charge >= 0.3 is 0 Å². The Labute approximate surface area is 126 Å².